The number of nitrogens with zero attached hydrogens (tertiary/aromatic N) is 2. The lowest BCUT2D eigenvalue weighted by atomic mass is 10.5. The van der Waals surface area contributed by atoms with Crippen LogP contribution in [0.15, 0.2) is 6.07 Å². The second-order valence-electron chi connectivity index (χ2n) is 1.69. The van der Waals surface area contributed by atoms with Crippen LogP contribution < -0.4 is 5.73 Å². The summed E-state index contributed by atoms with van der Waals surface area (Å²) in [5, 5.41) is 0. The van der Waals surface area contributed by atoms with Crippen molar-refractivity contribution in [3.63, 3.8) is 0 Å². The van der Waals surface area contributed by atoms with Gasteiger partial charge in [-0.2, -0.15) is 0 Å². The fourth-order valence-electron chi connectivity index (χ4n) is 0.552. The third kappa shape index (κ3) is 1.78. The van der Waals surface area contributed by atoms with Gasteiger partial charge in [-0.15, -0.1) is 0 Å². The third-order valence-electron chi connectivity index (χ3n) is 0.840. The Morgan fingerprint density at radius 1 is 1.56 bits per heavy atom. The Bertz CT molecular complexity index is 173. The maximum absolute atomic E-state index is 5.33. The smallest absolute Gasteiger partial charge is 0.221 e. The Balaban J connectivity index is 3.17. The zero-order valence-electron chi connectivity index (χ0n) is 4.93. The molecular weight excluding hydrogens is 229 g/mol. The zero-order valence-corrected chi connectivity index (χ0v) is 7.08. The first-order valence-electron chi connectivity index (χ1n) is 2.45. The number of nitrogens with two attached hydrogens (primary N) is 1. The highest BCUT2D eigenvalue weighted by molar-refractivity contribution is 14.1. The Hall–Kier alpha value is -0.390. The molecule has 0 atom stereocenters. The molecular formula is C5H6IN3. The summed E-state index contributed by atoms with van der Waals surface area (Å²) >= 11 is 2.10. The van der Waals surface area contributed by atoms with Crippen molar-refractivity contribution >= 4 is 28.5 Å². The van der Waals surface area contributed by atoms with Gasteiger partial charge >= 0.3 is 0 Å². The molecule has 0 unspecified atom stereocenters. The topological polar surface area (TPSA) is 51.8 Å². The molecule has 4 heteroatoms. The number of anilines is 1. The van der Waals surface area contributed by atoms with Crippen molar-refractivity contribution in [1.29, 1.82) is 0 Å². The fourth-order valence-corrected chi connectivity index (χ4v) is 1.25. The highest BCUT2D eigenvalue weighted by Crippen LogP contribution is 2.03. The lowest BCUT2D eigenvalue weighted by Gasteiger charge is -1.93. The van der Waals surface area contributed by atoms with Gasteiger partial charge < -0.3 is 5.73 Å². The van der Waals surface area contributed by atoms with Gasteiger partial charge in [0, 0.05) is 5.69 Å². The van der Waals surface area contributed by atoms with E-state index in [4.69, 9.17) is 5.73 Å². The summed E-state index contributed by atoms with van der Waals surface area (Å²) in [6.45, 7) is 1.89. The van der Waals surface area contributed by atoms with Crippen molar-refractivity contribution in [3.8, 4) is 0 Å². The summed E-state index contributed by atoms with van der Waals surface area (Å²) in [6.07, 6.45) is 0. The molecule has 48 valence electrons. The number of aromatic nitrogens is 2. The Morgan fingerprint density at radius 2 is 2.22 bits per heavy atom. The number of hydrogen-bond donors (Lipinski definition) is 1. The molecule has 0 spiro atoms. The van der Waals surface area contributed by atoms with Crippen LogP contribution in [0.5, 0.6) is 0 Å². The zero-order chi connectivity index (χ0) is 6.85. The molecule has 2 N–H and O–H groups in total. The molecule has 1 heterocycles. The van der Waals surface area contributed by atoms with E-state index in [0.717, 1.165) is 9.39 Å². The largest absolute Gasteiger partial charge is 0.368 e. The van der Waals surface area contributed by atoms with Gasteiger partial charge in [-0.1, -0.05) is 0 Å². The Labute approximate surface area is 66.8 Å². The maximum Gasteiger partial charge on any atom is 0.221 e. The van der Waals surface area contributed by atoms with Crippen molar-refractivity contribution in [1.82, 2.24) is 9.97 Å². The van der Waals surface area contributed by atoms with E-state index >= 15 is 0 Å². The van der Waals surface area contributed by atoms with Gasteiger partial charge in [0.1, 0.15) is 3.70 Å². The van der Waals surface area contributed by atoms with E-state index in [1.54, 1.807) is 0 Å². The SMILES string of the molecule is Cc1cc(I)nc(N)n1. The van der Waals surface area contributed by atoms with Crippen LogP contribution in [-0.2, 0) is 0 Å². The van der Waals surface area contributed by atoms with Crippen molar-refractivity contribution in [3.05, 3.63) is 15.5 Å². The maximum atomic E-state index is 5.33. The van der Waals surface area contributed by atoms with Crippen molar-refractivity contribution in [2.45, 2.75) is 6.92 Å². The Kier molecular flexibility index (Phi) is 1.84. The van der Waals surface area contributed by atoms with Crippen LogP contribution in [0.2, 0.25) is 0 Å². The van der Waals surface area contributed by atoms with Gasteiger partial charge in [0.2, 0.25) is 5.95 Å². The number of nitrogen functional groups attached to an aromatic ring is 1. The molecule has 0 bridgehead atoms. The van der Waals surface area contributed by atoms with Crippen molar-refractivity contribution in [2.24, 2.45) is 0 Å². The fraction of sp³-hybridized carbons (Fsp3) is 0.200. The van der Waals surface area contributed by atoms with Gasteiger partial charge in [0.25, 0.3) is 0 Å². The standard InChI is InChI=1S/C5H6IN3/c1-3-2-4(6)9-5(7)8-3/h2H,1H3,(H2,7,8,9). The number of rotatable bonds is 0. The lowest BCUT2D eigenvalue weighted by molar-refractivity contribution is 1.09. The van der Waals surface area contributed by atoms with Gasteiger partial charge in [0.15, 0.2) is 0 Å². The summed E-state index contributed by atoms with van der Waals surface area (Å²) < 4.78 is 0.887. The normalized spacial score (nSPS) is 9.56. The van der Waals surface area contributed by atoms with E-state index in [0.29, 0.717) is 5.95 Å². The molecule has 0 aliphatic carbocycles. The molecule has 0 saturated carbocycles. The molecule has 0 aliphatic rings. The van der Waals surface area contributed by atoms with Gasteiger partial charge in [-0.25, -0.2) is 9.97 Å². The minimum Gasteiger partial charge on any atom is -0.368 e. The number of aryl methyl sites for hydroxylation is 1. The molecule has 0 fully saturated rings. The van der Waals surface area contributed by atoms with Crippen LogP contribution in [0.25, 0.3) is 0 Å². The highest BCUT2D eigenvalue weighted by Gasteiger charge is 1.92. The van der Waals surface area contributed by atoms with Crippen LogP contribution in [0.4, 0.5) is 5.95 Å². The van der Waals surface area contributed by atoms with E-state index in [1.165, 1.54) is 0 Å². The van der Waals surface area contributed by atoms with E-state index in [9.17, 15) is 0 Å². The molecule has 3 nitrogen and oxygen atoms in total. The first-order chi connectivity index (χ1) is 4.18. The minimum absolute atomic E-state index is 0.347. The number of hydrogen-bond acceptors (Lipinski definition) is 3. The molecule has 1 aromatic heterocycles. The highest BCUT2D eigenvalue weighted by atomic mass is 127. The first kappa shape index (κ1) is 6.73. The van der Waals surface area contributed by atoms with Crippen LogP contribution in [0.3, 0.4) is 0 Å². The summed E-state index contributed by atoms with van der Waals surface area (Å²) in [4.78, 5) is 7.78. The molecule has 1 rings (SSSR count). The lowest BCUT2D eigenvalue weighted by Crippen LogP contribution is -1.97. The third-order valence-corrected chi connectivity index (χ3v) is 1.39. The molecule has 0 aromatic carbocycles. The van der Waals surface area contributed by atoms with Crippen LogP contribution in [-0.4, -0.2) is 9.97 Å². The van der Waals surface area contributed by atoms with E-state index < -0.39 is 0 Å². The van der Waals surface area contributed by atoms with Gasteiger partial charge in [-0.05, 0) is 35.6 Å². The molecule has 0 aliphatic heterocycles. The summed E-state index contributed by atoms with van der Waals surface area (Å²) in [5.41, 5.74) is 6.24. The average Bonchev–Trinajstić information content (AvgIpc) is 1.59. The molecule has 0 saturated heterocycles. The summed E-state index contributed by atoms with van der Waals surface area (Å²) in [5.74, 6) is 0.347. The van der Waals surface area contributed by atoms with E-state index in [2.05, 4.69) is 32.6 Å². The van der Waals surface area contributed by atoms with Crippen LogP contribution >= 0.6 is 22.6 Å². The van der Waals surface area contributed by atoms with E-state index in [1.807, 2.05) is 13.0 Å². The Morgan fingerprint density at radius 3 is 2.67 bits per heavy atom. The molecule has 9 heavy (non-hydrogen) atoms. The van der Waals surface area contributed by atoms with Gasteiger partial charge in [0.05, 0.1) is 0 Å². The van der Waals surface area contributed by atoms with Crippen molar-refractivity contribution < 1.29 is 0 Å². The second-order valence-corrected chi connectivity index (χ2v) is 2.80. The van der Waals surface area contributed by atoms with Crippen molar-refractivity contribution in [2.75, 3.05) is 5.73 Å². The quantitative estimate of drug-likeness (QED) is 0.538. The van der Waals surface area contributed by atoms with Gasteiger partial charge in [-0.3, -0.25) is 0 Å². The first-order valence-corrected chi connectivity index (χ1v) is 3.53. The number of halogens is 1. The van der Waals surface area contributed by atoms with Crippen LogP contribution in [0.1, 0.15) is 5.69 Å². The predicted molar refractivity (Wildman–Crippen MR) is 43.9 cm³/mol. The second kappa shape index (κ2) is 2.47. The minimum atomic E-state index is 0.347. The monoisotopic (exact) mass is 235 g/mol. The molecule has 0 radical (unpaired) electrons. The molecule has 0 amide bonds. The molecule has 1 aromatic rings. The summed E-state index contributed by atoms with van der Waals surface area (Å²) in [6, 6.07) is 1.87. The van der Waals surface area contributed by atoms with Crippen LogP contribution in [0, 0.1) is 10.6 Å². The summed E-state index contributed by atoms with van der Waals surface area (Å²) in [7, 11) is 0. The predicted octanol–water partition coefficient (Wildman–Crippen LogP) is 0.972. The van der Waals surface area contributed by atoms with E-state index in [-0.39, 0.29) is 0 Å². The average molecular weight is 235 g/mol.